The van der Waals surface area contributed by atoms with Gasteiger partial charge in [0, 0.05) is 19.5 Å². The van der Waals surface area contributed by atoms with Crippen LogP contribution in [0.4, 0.5) is 0 Å². The number of hydrogen-bond donors (Lipinski definition) is 2. The lowest BCUT2D eigenvalue weighted by atomic mass is 9.82. The predicted octanol–water partition coefficient (Wildman–Crippen LogP) is 3.58. The quantitative estimate of drug-likeness (QED) is 0.578. The van der Waals surface area contributed by atoms with E-state index in [1.807, 2.05) is 11.7 Å². The van der Waals surface area contributed by atoms with Crippen LogP contribution < -0.4 is 11.3 Å². The van der Waals surface area contributed by atoms with E-state index in [-0.39, 0.29) is 6.04 Å². The van der Waals surface area contributed by atoms with Gasteiger partial charge in [0.15, 0.2) is 0 Å². The molecule has 0 spiro atoms. The van der Waals surface area contributed by atoms with Gasteiger partial charge in [-0.15, -0.1) is 0 Å². The van der Waals surface area contributed by atoms with Crippen LogP contribution in [0.25, 0.3) is 0 Å². The van der Waals surface area contributed by atoms with Gasteiger partial charge < -0.3 is 0 Å². The van der Waals surface area contributed by atoms with Crippen molar-refractivity contribution in [3.8, 4) is 0 Å². The van der Waals surface area contributed by atoms with E-state index >= 15 is 0 Å². The van der Waals surface area contributed by atoms with Gasteiger partial charge >= 0.3 is 0 Å². The number of hydrazine groups is 1. The Labute approximate surface area is 138 Å². The fourth-order valence-corrected chi connectivity index (χ4v) is 3.88. The summed E-state index contributed by atoms with van der Waals surface area (Å²) in [6.45, 7) is 11.3. The summed E-state index contributed by atoms with van der Waals surface area (Å²) < 4.78 is 3.11. The molecular weight excluding hydrogens is 328 g/mol. The largest absolute Gasteiger partial charge is 0.271 e. The van der Waals surface area contributed by atoms with E-state index in [0.29, 0.717) is 11.3 Å². The maximum atomic E-state index is 5.78. The molecule has 5 heteroatoms. The first kappa shape index (κ1) is 18.7. The zero-order chi connectivity index (χ0) is 16.2. The summed E-state index contributed by atoms with van der Waals surface area (Å²) in [5.41, 5.74) is 5.69. The molecule has 1 aromatic rings. The minimum atomic E-state index is 0.277. The molecule has 0 saturated carbocycles. The van der Waals surface area contributed by atoms with Gasteiger partial charge in [-0.3, -0.25) is 16.0 Å². The highest BCUT2D eigenvalue weighted by Gasteiger charge is 2.21. The van der Waals surface area contributed by atoms with Crippen molar-refractivity contribution in [1.29, 1.82) is 0 Å². The summed E-state index contributed by atoms with van der Waals surface area (Å²) in [5.74, 6) is 6.42. The van der Waals surface area contributed by atoms with Crippen molar-refractivity contribution < 1.29 is 0 Å². The van der Waals surface area contributed by atoms with Crippen LogP contribution in [0.3, 0.4) is 0 Å². The number of aromatic nitrogens is 2. The van der Waals surface area contributed by atoms with E-state index in [2.05, 4.69) is 61.1 Å². The number of nitrogens with one attached hydrogen (secondary N) is 1. The van der Waals surface area contributed by atoms with E-state index in [1.54, 1.807) is 0 Å². The smallest absolute Gasteiger partial charge is 0.0766 e. The highest BCUT2D eigenvalue weighted by molar-refractivity contribution is 9.10. The molecule has 4 nitrogen and oxygen atoms in total. The molecule has 0 aromatic carbocycles. The summed E-state index contributed by atoms with van der Waals surface area (Å²) in [7, 11) is 2.01. The topological polar surface area (TPSA) is 55.9 Å². The lowest BCUT2D eigenvalue weighted by Gasteiger charge is -2.26. The molecule has 2 unspecified atom stereocenters. The zero-order valence-electron chi connectivity index (χ0n) is 14.3. The molecule has 0 saturated heterocycles. The molecule has 1 rings (SSSR count). The Bertz CT molecular complexity index is 448. The van der Waals surface area contributed by atoms with Crippen LogP contribution in [0.15, 0.2) is 4.47 Å². The van der Waals surface area contributed by atoms with Crippen LogP contribution in [0, 0.1) is 11.3 Å². The maximum absolute atomic E-state index is 5.78. The summed E-state index contributed by atoms with van der Waals surface area (Å²) in [4.78, 5) is 0. The molecule has 21 heavy (non-hydrogen) atoms. The Kier molecular flexibility index (Phi) is 6.88. The number of aryl methyl sites for hydroxylation is 2. The van der Waals surface area contributed by atoms with Crippen LogP contribution in [-0.4, -0.2) is 15.8 Å². The molecule has 1 aromatic heterocycles. The normalized spacial score (nSPS) is 15.2. The third-order valence-corrected chi connectivity index (χ3v) is 4.74. The van der Waals surface area contributed by atoms with Crippen molar-refractivity contribution >= 4 is 15.9 Å². The van der Waals surface area contributed by atoms with Gasteiger partial charge in [-0.2, -0.15) is 5.10 Å². The van der Waals surface area contributed by atoms with Crippen LogP contribution in [-0.2, 0) is 19.9 Å². The van der Waals surface area contributed by atoms with Gasteiger partial charge in [-0.25, -0.2) is 0 Å². The Hall–Kier alpha value is -0.390. The predicted molar refractivity (Wildman–Crippen MR) is 93.0 cm³/mol. The molecule has 0 aliphatic rings. The molecule has 0 fully saturated rings. The Morgan fingerprint density at radius 3 is 2.43 bits per heavy atom. The van der Waals surface area contributed by atoms with E-state index in [0.717, 1.165) is 29.4 Å². The fourth-order valence-electron chi connectivity index (χ4n) is 3.10. The first-order valence-corrected chi connectivity index (χ1v) is 8.63. The highest BCUT2D eigenvalue weighted by atomic mass is 79.9. The van der Waals surface area contributed by atoms with E-state index < -0.39 is 0 Å². The number of nitrogens with zero attached hydrogens (tertiary/aromatic N) is 2. The van der Waals surface area contributed by atoms with Crippen molar-refractivity contribution in [2.24, 2.45) is 24.2 Å². The molecule has 2 atom stereocenters. The van der Waals surface area contributed by atoms with Crippen molar-refractivity contribution in [3.05, 3.63) is 15.9 Å². The van der Waals surface area contributed by atoms with E-state index in [9.17, 15) is 0 Å². The molecule has 0 amide bonds. The summed E-state index contributed by atoms with van der Waals surface area (Å²) in [5, 5.41) is 4.56. The van der Waals surface area contributed by atoms with Gasteiger partial charge in [0.1, 0.15) is 0 Å². The minimum absolute atomic E-state index is 0.277. The molecule has 122 valence electrons. The van der Waals surface area contributed by atoms with Crippen molar-refractivity contribution in [1.82, 2.24) is 15.2 Å². The Morgan fingerprint density at radius 1 is 1.38 bits per heavy atom. The van der Waals surface area contributed by atoms with Gasteiger partial charge in [0.05, 0.1) is 15.9 Å². The number of nitrogens with two attached hydrogens (primary N) is 1. The van der Waals surface area contributed by atoms with Crippen LogP contribution >= 0.6 is 15.9 Å². The van der Waals surface area contributed by atoms with Gasteiger partial charge in [0.25, 0.3) is 0 Å². The SMILES string of the molecule is CCc1nn(C)c(CC(CC(C)CC(C)(C)C)NN)c1Br. The molecule has 0 aliphatic carbocycles. The van der Waals surface area contributed by atoms with Crippen LogP contribution in [0.2, 0.25) is 0 Å². The van der Waals surface area contributed by atoms with Crippen LogP contribution in [0.1, 0.15) is 58.8 Å². The summed E-state index contributed by atoms with van der Waals surface area (Å²) >= 11 is 3.68. The van der Waals surface area contributed by atoms with E-state index in [4.69, 9.17) is 5.84 Å². The lowest BCUT2D eigenvalue weighted by Crippen LogP contribution is -2.38. The second-order valence-corrected chi connectivity index (χ2v) is 8.15. The maximum Gasteiger partial charge on any atom is 0.0766 e. The molecule has 0 radical (unpaired) electrons. The lowest BCUT2D eigenvalue weighted by molar-refractivity contribution is 0.273. The molecule has 0 bridgehead atoms. The van der Waals surface area contributed by atoms with Crippen molar-refractivity contribution in [2.75, 3.05) is 0 Å². The van der Waals surface area contributed by atoms with Crippen molar-refractivity contribution in [2.45, 2.75) is 66.3 Å². The minimum Gasteiger partial charge on any atom is -0.271 e. The number of halogens is 1. The highest BCUT2D eigenvalue weighted by Crippen LogP contribution is 2.28. The molecule has 1 heterocycles. The summed E-state index contributed by atoms with van der Waals surface area (Å²) in [6, 6.07) is 0.277. The molecule has 3 N–H and O–H groups in total. The van der Waals surface area contributed by atoms with Gasteiger partial charge in [0.2, 0.25) is 0 Å². The number of rotatable bonds is 7. The van der Waals surface area contributed by atoms with E-state index in [1.165, 1.54) is 12.1 Å². The Morgan fingerprint density at radius 2 is 2.00 bits per heavy atom. The van der Waals surface area contributed by atoms with Crippen LogP contribution in [0.5, 0.6) is 0 Å². The third kappa shape index (κ3) is 5.72. The third-order valence-electron chi connectivity index (χ3n) is 3.83. The molecular formula is C16H31BrN4. The molecule has 0 aliphatic heterocycles. The second kappa shape index (κ2) is 7.75. The standard InChI is InChI=1S/C16H31BrN4/c1-7-13-15(17)14(21(6)20-13)9-12(19-18)8-11(2)10-16(3,4)5/h11-12,19H,7-10,18H2,1-6H3. The monoisotopic (exact) mass is 358 g/mol. The fraction of sp³-hybridized carbons (Fsp3) is 0.812. The zero-order valence-corrected chi connectivity index (χ0v) is 15.9. The number of hydrogen-bond acceptors (Lipinski definition) is 3. The average molecular weight is 359 g/mol. The van der Waals surface area contributed by atoms with Gasteiger partial charge in [-0.1, -0.05) is 34.6 Å². The van der Waals surface area contributed by atoms with Gasteiger partial charge in [-0.05, 0) is 46.5 Å². The first-order valence-electron chi connectivity index (χ1n) is 7.84. The summed E-state index contributed by atoms with van der Waals surface area (Å²) in [6.07, 6.45) is 4.12. The first-order chi connectivity index (χ1) is 9.67. The Balaban J connectivity index is 2.72. The average Bonchev–Trinajstić information content (AvgIpc) is 2.62. The second-order valence-electron chi connectivity index (χ2n) is 7.36. The van der Waals surface area contributed by atoms with Crippen molar-refractivity contribution in [3.63, 3.8) is 0 Å².